The van der Waals surface area contributed by atoms with Gasteiger partial charge in [-0.3, -0.25) is 9.59 Å². The van der Waals surface area contributed by atoms with E-state index in [1.807, 2.05) is 37.3 Å². The SMILES string of the molecule is CCC(CC(C)(CC(C)(C)C(=O)OCCC(C)(C)NS(=O)(=O)C(F)(F)F)C(=O)OC(C)(C)c1ccccc1)c1cccc2c1C(=O)OC(C)(C)O2. The number of carbonyl (C=O) groups is 3. The van der Waals surface area contributed by atoms with E-state index in [-0.39, 0.29) is 24.8 Å². The van der Waals surface area contributed by atoms with Crippen LogP contribution < -0.4 is 9.46 Å². The van der Waals surface area contributed by atoms with Gasteiger partial charge < -0.3 is 18.9 Å². The Morgan fingerprint density at radius 3 is 2.08 bits per heavy atom. The minimum Gasteiger partial charge on any atom is -0.465 e. The Balaban J connectivity index is 1.93. The average Bonchev–Trinajstić information content (AvgIpc) is 2.97. The molecule has 2 aromatic rings. The van der Waals surface area contributed by atoms with Crippen LogP contribution in [0.1, 0.15) is 122 Å². The van der Waals surface area contributed by atoms with Gasteiger partial charge in [0.1, 0.15) is 16.9 Å². The van der Waals surface area contributed by atoms with Crippen molar-refractivity contribution in [3.8, 4) is 5.75 Å². The van der Waals surface area contributed by atoms with E-state index >= 15 is 0 Å². The van der Waals surface area contributed by atoms with Crippen LogP contribution in [0.4, 0.5) is 13.2 Å². The minimum atomic E-state index is -5.63. The van der Waals surface area contributed by atoms with Crippen LogP contribution in [0.5, 0.6) is 5.75 Å². The van der Waals surface area contributed by atoms with Crippen molar-refractivity contribution in [1.82, 2.24) is 4.72 Å². The number of alkyl halides is 3. The molecule has 0 saturated carbocycles. The first-order chi connectivity index (χ1) is 23.2. The summed E-state index contributed by atoms with van der Waals surface area (Å²) in [4.78, 5) is 41.2. The first-order valence-electron chi connectivity index (χ1n) is 16.8. The van der Waals surface area contributed by atoms with E-state index in [9.17, 15) is 36.0 Å². The lowest BCUT2D eigenvalue weighted by Crippen LogP contribution is -2.49. The lowest BCUT2D eigenvalue weighted by atomic mass is 9.68. The number of fused-ring (bicyclic) bond motifs is 1. The molecule has 0 aliphatic carbocycles. The smallest absolute Gasteiger partial charge is 0.465 e. The van der Waals surface area contributed by atoms with Gasteiger partial charge in [-0.25, -0.2) is 17.9 Å². The number of nitrogens with one attached hydrogen (secondary N) is 1. The normalized spacial score (nSPS) is 16.9. The van der Waals surface area contributed by atoms with E-state index in [0.717, 1.165) is 5.56 Å². The second kappa shape index (κ2) is 14.8. The van der Waals surface area contributed by atoms with Gasteiger partial charge in [0.05, 0.1) is 17.4 Å². The van der Waals surface area contributed by atoms with E-state index in [1.54, 1.807) is 71.4 Å². The van der Waals surface area contributed by atoms with Crippen molar-refractivity contribution < 1.29 is 54.9 Å². The number of rotatable bonds is 15. The van der Waals surface area contributed by atoms with Crippen molar-refractivity contribution >= 4 is 27.9 Å². The number of sulfonamides is 1. The zero-order valence-corrected chi connectivity index (χ0v) is 31.8. The number of hydrogen-bond donors (Lipinski definition) is 1. The van der Waals surface area contributed by atoms with E-state index in [1.165, 1.54) is 13.8 Å². The molecule has 0 amide bonds. The molecule has 284 valence electrons. The van der Waals surface area contributed by atoms with E-state index in [0.29, 0.717) is 17.7 Å². The van der Waals surface area contributed by atoms with Crippen molar-refractivity contribution in [2.24, 2.45) is 10.8 Å². The quantitative estimate of drug-likeness (QED) is 0.143. The van der Waals surface area contributed by atoms with Crippen LogP contribution in [-0.4, -0.2) is 49.8 Å². The molecule has 10 nitrogen and oxygen atoms in total. The Kier molecular flexibility index (Phi) is 12.1. The van der Waals surface area contributed by atoms with Gasteiger partial charge in [-0.2, -0.15) is 13.2 Å². The number of benzene rings is 2. The standard InChI is InChI=1S/C37H50F3NO9S/c1-11-24(26-18-15-19-27-28(26)29(42)49-35(8,9)48-27)22-36(10,31(44)50-34(6,7)25-16-13-12-14-17-25)23-32(2,3)30(43)47-21-20-33(4,5)41-51(45,46)37(38,39)40/h12-19,24,41H,11,20-23H2,1-10H3. The third kappa shape index (κ3) is 10.2. The van der Waals surface area contributed by atoms with E-state index < -0.39 is 73.7 Å². The molecular formula is C37H50F3NO9S. The largest absolute Gasteiger partial charge is 0.511 e. The molecule has 0 spiro atoms. The van der Waals surface area contributed by atoms with Crippen LogP contribution in [0.3, 0.4) is 0 Å². The summed E-state index contributed by atoms with van der Waals surface area (Å²) < 4.78 is 86.9. The lowest BCUT2D eigenvalue weighted by molar-refractivity contribution is -0.174. The predicted octanol–water partition coefficient (Wildman–Crippen LogP) is 7.91. The maximum atomic E-state index is 14.4. The molecule has 2 aromatic carbocycles. The molecule has 0 fully saturated rings. The number of hydrogen-bond acceptors (Lipinski definition) is 9. The third-order valence-corrected chi connectivity index (χ3v) is 10.4. The molecule has 51 heavy (non-hydrogen) atoms. The molecule has 0 radical (unpaired) electrons. The molecule has 0 saturated heterocycles. The van der Waals surface area contributed by atoms with Gasteiger partial charge in [0, 0.05) is 25.8 Å². The molecule has 1 aliphatic rings. The van der Waals surface area contributed by atoms with Gasteiger partial charge in [0.15, 0.2) is 0 Å². The summed E-state index contributed by atoms with van der Waals surface area (Å²) in [6.07, 6.45) is 0.294. The predicted molar refractivity (Wildman–Crippen MR) is 184 cm³/mol. The maximum absolute atomic E-state index is 14.4. The average molecular weight is 742 g/mol. The topological polar surface area (TPSA) is 134 Å². The fourth-order valence-corrected chi connectivity index (χ4v) is 7.31. The van der Waals surface area contributed by atoms with Gasteiger partial charge >= 0.3 is 33.4 Å². The van der Waals surface area contributed by atoms with Gasteiger partial charge in [0.2, 0.25) is 5.79 Å². The fraction of sp³-hybridized carbons (Fsp3) is 0.595. The molecule has 1 N–H and O–H groups in total. The Hall–Kier alpha value is -3.65. The van der Waals surface area contributed by atoms with Gasteiger partial charge in [-0.1, -0.05) is 49.4 Å². The molecule has 0 bridgehead atoms. The molecule has 1 heterocycles. The summed E-state index contributed by atoms with van der Waals surface area (Å²) in [6.45, 7) is 15.6. The molecule has 1 aliphatic heterocycles. The van der Waals surface area contributed by atoms with Crippen molar-refractivity contribution in [2.45, 2.75) is 123 Å². The highest BCUT2D eigenvalue weighted by Gasteiger charge is 2.49. The second-order valence-corrected chi connectivity index (χ2v) is 17.3. The number of ether oxygens (including phenoxy) is 4. The minimum absolute atomic E-state index is 0.0772. The Morgan fingerprint density at radius 2 is 1.51 bits per heavy atom. The van der Waals surface area contributed by atoms with Crippen LogP contribution in [0, 0.1) is 10.8 Å². The summed E-state index contributed by atoms with van der Waals surface area (Å²) in [6, 6.07) is 14.4. The highest BCUT2D eigenvalue weighted by atomic mass is 32.2. The molecule has 2 atom stereocenters. The van der Waals surface area contributed by atoms with Crippen LogP contribution in [0.15, 0.2) is 48.5 Å². The Labute approximate surface area is 298 Å². The van der Waals surface area contributed by atoms with Crippen molar-refractivity contribution in [1.29, 1.82) is 0 Å². The Bertz CT molecular complexity index is 1700. The molecule has 14 heteroatoms. The fourth-order valence-electron chi connectivity index (χ4n) is 6.37. The van der Waals surface area contributed by atoms with E-state index in [2.05, 4.69) is 0 Å². The first kappa shape index (κ1) is 41.8. The van der Waals surface area contributed by atoms with Crippen LogP contribution in [0.2, 0.25) is 0 Å². The number of cyclic esters (lactones) is 1. The number of carbonyl (C=O) groups excluding carboxylic acids is 3. The zero-order chi connectivity index (χ0) is 38.8. The van der Waals surface area contributed by atoms with Gasteiger partial charge in [-0.05, 0) is 90.8 Å². The van der Waals surface area contributed by atoms with Gasteiger partial charge in [-0.15, -0.1) is 0 Å². The number of halogens is 3. The first-order valence-corrected chi connectivity index (χ1v) is 18.3. The molecule has 0 aromatic heterocycles. The zero-order valence-electron chi connectivity index (χ0n) is 30.9. The summed E-state index contributed by atoms with van der Waals surface area (Å²) in [5.41, 5.74) is -9.23. The van der Waals surface area contributed by atoms with Crippen molar-refractivity contribution in [2.75, 3.05) is 6.61 Å². The highest BCUT2D eigenvalue weighted by molar-refractivity contribution is 7.90. The van der Waals surface area contributed by atoms with Crippen molar-refractivity contribution in [3.63, 3.8) is 0 Å². The van der Waals surface area contributed by atoms with Crippen LogP contribution in [0.25, 0.3) is 0 Å². The van der Waals surface area contributed by atoms with Gasteiger partial charge in [0.25, 0.3) is 0 Å². The summed E-state index contributed by atoms with van der Waals surface area (Å²) in [5, 5.41) is 0. The molecule has 2 unspecified atom stereocenters. The number of esters is 3. The summed E-state index contributed by atoms with van der Waals surface area (Å²) in [5.74, 6) is -3.12. The molecule has 3 rings (SSSR count). The molecular weight excluding hydrogens is 691 g/mol. The maximum Gasteiger partial charge on any atom is 0.511 e. The van der Waals surface area contributed by atoms with E-state index in [4.69, 9.17) is 18.9 Å². The second-order valence-electron chi connectivity index (χ2n) is 15.6. The lowest BCUT2D eigenvalue weighted by Gasteiger charge is -2.40. The Morgan fingerprint density at radius 1 is 0.902 bits per heavy atom. The summed E-state index contributed by atoms with van der Waals surface area (Å²) >= 11 is 0. The van der Waals surface area contributed by atoms with Crippen LogP contribution in [-0.2, 0) is 39.4 Å². The third-order valence-electron chi connectivity index (χ3n) is 8.96. The van der Waals surface area contributed by atoms with Crippen molar-refractivity contribution in [3.05, 3.63) is 65.2 Å². The monoisotopic (exact) mass is 741 g/mol. The highest BCUT2D eigenvalue weighted by Crippen LogP contribution is 2.47. The summed E-state index contributed by atoms with van der Waals surface area (Å²) in [7, 11) is -5.63. The van der Waals surface area contributed by atoms with Crippen LogP contribution >= 0.6 is 0 Å².